The minimum Gasteiger partial charge on any atom is -0.376 e. The average Bonchev–Trinajstić information content (AvgIpc) is 1.83. The third-order valence-electron chi connectivity index (χ3n) is 0.735. The minimum absolute atomic E-state index is 0.549. The van der Waals surface area contributed by atoms with Crippen LogP contribution in [0.15, 0.2) is 5.10 Å². The molecule has 3 heteroatoms. The van der Waals surface area contributed by atoms with Gasteiger partial charge in [0.05, 0.1) is 12.3 Å². The van der Waals surface area contributed by atoms with Crippen LogP contribution >= 0.6 is 0 Å². The molecule has 2 N–H and O–H groups in total. The first kappa shape index (κ1) is 7.43. The first-order valence-corrected chi connectivity index (χ1v) is 2.62. The second-order valence-corrected chi connectivity index (χ2v) is 1.50. The molecule has 0 heterocycles. The molecule has 0 aromatic heterocycles. The van der Waals surface area contributed by atoms with Gasteiger partial charge in [0.15, 0.2) is 0 Å². The predicted octanol–water partition coefficient (Wildman–Crippen LogP) is 0.358. The SMILES string of the molecule is CCOC/C(C)=N/N. The van der Waals surface area contributed by atoms with E-state index in [1.165, 1.54) is 0 Å². The van der Waals surface area contributed by atoms with Crippen molar-refractivity contribution in [1.29, 1.82) is 0 Å². The summed E-state index contributed by atoms with van der Waals surface area (Å²) in [6, 6.07) is 0. The van der Waals surface area contributed by atoms with Crippen molar-refractivity contribution in [3.63, 3.8) is 0 Å². The summed E-state index contributed by atoms with van der Waals surface area (Å²) >= 11 is 0. The second kappa shape index (κ2) is 4.59. The summed E-state index contributed by atoms with van der Waals surface area (Å²) in [5.41, 5.74) is 0.826. The summed E-state index contributed by atoms with van der Waals surface area (Å²) in [5, 5.41) is 3.42. The maximum absolute atomic E-state index is 4.98. The Morgan fingerprint density at radius 3 is 2.75 bits per heavy atom. The molecule has 0 atom stereocenters. The molecule has 0 saturated carbocycles. The van der Waals surface area contributed by atoms with E-state index in [9.17, 15) is 0 Å². The fourth-order valence-corrected chi connectivity index (χ4v) is 0.287. The smallest absolute Gasteiger partial charge is 0.0863 e. The van der Waals surface area contributed by atoms with Crippen LogP contribution in [0.25, 0.3) is 0 Å². The Bertz CT molecular complexity index is 80.5. The van der Waals surface area contributed by atoms with Crippen LogP contribution in [-0.4, -0.2) is 18.9 Å². The van der Waals surface area contributed by atoms with Crippen molar-refractivity contribution in [1.82, 2.24) is 0 Å². The molecular weight excluding hydrogens is 104 g/mol. The molecule has 48 valence electrons. The van der Waals surface area contributed by atoms with Gasteiger partial charge in [-0.15, -0.1) is 0 Å². The minimum atomic E-state index is 0.549. The quantitative estimate of drug-likeness (QED) is 0.329. The zero-order valence-electron chi connectivity index (χ0n) is 5.35. The van der Waals surface area contributed by atoms with Crippen molar-refractivity contribution in [2.75, 3.05) is 13.2 Å². The van der Waals surface area contributed by atoms with Gasteiger partial charge in [0.1, 0.15) is 0 Å². The van der Waals surface area contributed by atoms with Crippen molar-refractivity contribution in [3.05, 3.63) is 0 Å². The third kappa shape index (κ3) is 3.61. The summed E-state index contributed by atoms with van der Waals surface area (Å²) in [7, 11) is 0. The molecule has 0 rings (SSSR count). The van der Waals surface area contributed by atoms with E-state index in [4.69, 9.17) is 10.6 Å². The van der Waals surface area contributed by atoms with Crippen LogP contribution in [-0.2, 0) is 4.74 Å². The summed E-state index contributed by atoms with van der Waals surface area (Å²) in [6.07, 6.45) is 0. The highest BCUT2D eigenvalue weighted by Gasteiger charge is 1.85. The Labute approximate surface area is 49.5 Å². The van der Waals surface area contributed by atoms with Gasteiger partial charge in [-0.25, -0.2) is 0 Å². The standard InChI is InChI=1S/C5H12N2O/c1-3-8-4-5(2)7-6/h3-4,6H2,1-2H3/b7-5+. The summed E-state index contributed by atoms with van der Waals surface area (Å²) in [4.78, 5) is 0. The molecule has 0 aromatic rings. The Balaban J connectivity index is 3.12. The van der Waals surface area contributed by atoms with Crippen molar-refractivity contribution >= 4 is 5.71 Å². The molecule has 0 aliphatic rings. The number of hydrogen-bond acceptors (Lipinski definition) is 3. The number of rotatable bonds is 3. The lowest BCUT2D eigenvalue weighted by Crippen LogP contribution is -2.06. The zero-order valence-corrected chi connectivity index (χ0v) is 5.35. The lowest BCUT2D eigenvalue weighted by atomic mass is 10.5. The largest absolute Gasteiger partial charge is 0.376 e. The van der Waals surface area contributed by atoms with Gasteiger partial charge in [0.25, 0.3) is 0 Å². The van der Waals surface area contributed by atoms with Crippen LogP contribution in [0.5, 0.6) is 0 Å². The fraction of sp³-hybridized carbons (Fsp3) is 0.800. The van der Waals surface area contributed by atoms with Gasteiger partial charge in [-0.05, 0) is 13.8 Å². The molecule has 0 fully saturated rings. The van der Waals surface area contributed by atoms with Crippen LogP contribution in [0.4, 0.5) is 0 Å². The van der Waals surface area contributed by atoms with Gasteiger partial charge in [0, 0.05) is 6.61 Å². The van der Waals surface area contributed by atoms with Gasteiger partial charge < -0.3 is 10.6 Å². The van der Waals surface area contributed by atoms with E-state index in [-0.39, 0.29) is 0 Å². The van der Waals surface area contributed by atoms with E-state index in [0.29, 0.717) is 13.2 Å². The highest BCUT2D eigenvalue weighted by molar-refractivity contribution is 5.82. The monoisotopic (exact) mass is 116 g/mol. The van der Waals surface area contributed by atoms with Crippen molar-refractivity contribution in [2.24, 2.45) is 10.9 Å². The van der Waals surface area contributed by atoms with E-state index in [2.05, 4.69) is 5.10 Å². The summed E-state index contributed by atoms with van der Waals surface area (Å²) in [6.45, 7) is 5.03. The topological polar surface area (TPSA) is 47.6 Å². The van der Waals surface area contributed by atoms with E-state index >= 15 is 0 Å². The van der Waals surface area contributed by atoms with Crippen LogP contribution in [0.1, 0.15) is 13.8 Å². The second-order valence-electron chi connectivity index (χ2n) is 1.50. The first-order valence-electron chi connectivity index (χ1n) is 2.62. The lowest BCUT2D eigenvalue weighted by molar-refractivity contribution is 0.187. The highest BCUT2D eigenvalue weighted by Crippen LogP contribution is 1.75. The molecule has 0 radical (unpaired) electrons. The molecule has 0 unspecified atom stereocenters. The van der Waals surface area contributed by atoms with Crippen LogP contribution in [0, 0.1) is 0 Å². The maximum atomic E-state index is 4.98. The number of hydrazone groups is 1. The molecule has 0 saturated heterocycles. The van der Waals surface area contributed by atoms with Crippen LogP contribution in [0.2, 0.25) is 0 Å². The summed E-state index contributed by atoms with van der Waals surface area (Å²) in [5.74, 6) is 4.92. The first-order chi connectivity index (χ1) is 3.81. The lowest BCUT2D eigenvalue weighted by Gasteiger charge is -1.96. The molecule has 0 spiro atoms. The number of nitrogens with two attached hydrogens (primary N) is 1. The predicted molar refractivity (Wildman–Crippen MR) is 33.8 cm³/mol. The molecule has 0 aliphatic carbocycles. The molecule has 0 amide bonds. The zero-order chi connectivity index (χ0) is 6.41. The van der Waals surface area contributed by atoms with E-state index < -0.39 is 0 Å². The van der Waals surface area contributed by atoms with E-state index in [0.717, 1.165) is 5.71 Å². The van der Waals surface area contributed by atoms with Crippen molar-refractivity contribution in [3.8, 4) is 0 Å². The van der Waals surface area contributed by atoms with E-state index in [1.54, 1.807) is 0 Å². The van der Waals surface area contributed by atoms with Gasteiger partial charge in [-0.2, -0.15) is 5.10 Å². The number of nitrogens with zero attached hydrogens (tertiary/aromatic N) is 1. The molecule has 3 nitrogen and oxygen atoms in total. The maximum Gasteiger partial charge on any atom is 0.0863 e. The molecular formula is C5H12N2O. The van der Waals surface area contributed by atoms with Gasteiger partial charge in [-0.1, -0.05) is 0 Å². The fourth-order valence-electron chi connectivity index (χ4n) is 0.287. The summed E-state index contributed by atoms with van der Waals surface area (Å²) < 4.78 is 4.98. The normalized spacial score (nSPS) is 12.0. The number of ether oxygens (including phenoxy) is 1. The number of hydrogen-bond donors (Lipinski definition) is 1. The Morgan fingerprint density at radius 1 is 1.75 bits per heavy atom. The van der Waals surface area contributed by atoms with Crippen molar-refractivity contribution in [2.45, 2.75) is 13.8 Å². The average molecular weight is 116 g/mol. The molecule has 0 aliphatic heterocycles. The molecule has 0 bridgehead atoms. The van der Waals surface area contributed by atoms with E-state index in [1.807, 2.05) is 13.8 Å². The molecule has 0 aromatic carbocycles. The molecule has 8 heavy (non-hydrogen) atoms. The Hall–Kier alpha value is -0.570. The third-order valence-corrected chi connectivity index (χ3v) is 0.735. The Morgan fingerprint density at radius 2 is 2.38 bits per heavy atom. The van der Waals surface area contributed by atoms with Crippen molar-refractivity contribution < 1.29 is 4.74 Å². The highest BCUT2D eigenvalue weighted by atomic mass is 16.5. The van der Waals surface area contributed by atoms with Gasteiger partial charge in [-0.3, -0.25) is 0 Å². The van der Waals surface area contributed by atoms with Crippen LogP contribution in [0.3, 0.4) is 0 Å². The Kier molecular flexibility index (Phi) is 4.26. The van der Waals surface area contributed by atoms with Gasteiger partial charge in [0.2, 0.25) is 0 Å². The van der Waals surface area contributed by atoms with Gasteiger partial charge >= 0.3 is 0 Å². The van der Waals surface area contributed by atoms with Crippen LogP contribution < -0.4 is 5.84 Å².